The quantitative estimate of drug-likeness (QED) is 0.0246. The van der Waals surface area contributed by atoms with E-state index in [1.54, 1.807) is 13.0 Å². The summed E-state index contributed by atoms with van der Waals surface area (Å²) in [6.07, 6.45) is 3.24. The van der Waals surface area contributed by atoms with Gasteiger partial charge in [-0.1, -0.05) is 66.2 Å². The van der Waals surface area contributed by atoms with Gasteiger partial charge in [0.25, 0.3) is 0 Å². The number of hydrogen-bond acceptors (Lipinski definition) is 18. The average molecular weight is 1280 g/mol. The van der Waals surface area contributed by atoms with Crippen molar-refractivity contribution >= 4 is 88.9 Å². The number of carboxylic acids is 4. The number of nitrogens with two attached hydrogens (primary N) is 1. The van der Waals surface area contributed by atoms with Crippen LogP contribution in [0.3, 0.4) is 0 Å². The van der Waals surface area contributed by atoms with Gasteiger partial charge in [0, 0.05) is 19.2 Å². The van der Waals surface area contributed by atoms with Gasteiger partial charge in [-0.05, 0) is 89.5 Å². The summed E-state index contributed by atoms with van der Waals surface area (Å²) >= 11 is 0. The Balaban J connectivity index is 2.96. The fourth-order valence-electron chi connectivity index (χ4n) is 9.58. The number of nitrogens with one attached hydrogen (secondary N) is 10. The maximum atomic E-state index is 14.9. The number of fused-ring (bicyclic) bond motifs is 1. The van der Waals surface area contributed by atoms with Crippen LogP contribution in [0.15, 0.2) is 24.3 Å². The zero-order chi connectivity index (χ0) is 68.4. The van der Waals surface area contributed by atoms with E-state index in [-0.39, 0.29) is 51.3 Å². The van der Waals surface area contributed by atoms with E-state index >= 15 is 0 Å². The SMILES string of the molecule is CCC(CO)CC/C=C\C=C\C(=O)N[C@H](C(=O)N[C@@H]1C(=O)N[C@H](C(C)C)C(=O)N[C@@H](CCCCN)C(=O)N[C@@H](C(O)C(=O)O)C(=O)N[C@@H](CC(=O)O)C(=O)NCC(=O)N[C@H](C(C)C(=O)O)C(=O)N[C@@H](C(C)C)C(=O)N2C[C@H](C)C[C@H]2C(=O)NC1C)C(C)C(=O)O. The van der Waals surface area contributed by atoms with Crippen molar-refractivity contribution < 1.29 is 103 Å². The van der Waals surface area contributed by atoms with E-state index in [9.17, 15) is 103 Å². The summed E-state index contributed by atoms with van der Waals surface area (Å²) in [5.74, 6) is -26.2. The van der Waals surface area contributed by atoms with E-state index in [4.69, 9.17) is 5.73 Å². The Labute approximate surface area is 520 Å². The predicted molar refractivity (Wildman–Crippen MR) is 316 cm³/mol. The standard InChI is InChI=1S/C57H90N12O21/c1-10-32(25-70)17-13-11-12-14-19-36(71)63-41(29(7)55(85)86)51(81)67-43-31(9)60-48(78)35-21-28(6)24-69(35)54(84)40(27(4)5)66-50(80)42(30(8)56(87)88)64-37(72)23-59-46(76)34(22-38(73)74)62-53(83)44(45(75)57(89)90)68-47(77)33(18-15-16-20-58)61-49(79)39(26(2)3)65-52(43)82/h11-12,14,19,26-35,39-45,70,75H,10,13,15-18,20-25,58H2,1-9H3,(H,59,76)(H,60,78)(H,61,79)(H,62,83)(H,63,71)(H,64,72)(H,65,82)(H,66,80)(H,67,81)(H,68,77)(H,73,74)(H,85,86)(H,87,88)(H,89,90)/b12-11-,19-14+/t28-,29?,30?,31?,32?,33+,34+,35+,39-,40+,41+,42-,43+,44+,45?/m1/s1. The minimum Gasteiger partial charge on any atom is -0.481 e. The molecule has 0 bridgehead atoms. The Morgan fingerprint density at radius 2 is 1.27 bits per heavy atom. The summed E-state index contributed by atoms with van der Waals surface area (Å²) in [6.45, 7) is 11.6. The fourth-order valence-corrected chi connectivity index (χ4v) is 9.58. The Kier molecular flexibility index (Phi) is 32.2. The fraction of sp³-hybridized carbons (Fsp3) is 0.667. The van der Waals surface area contributed by atoms with E-state index in [1.807, 2.05) is 22.9 Å². The molecule has 2 saturated heterocycles. The largest absolute Gasteiger partial charge is 0.481 e. The smallest absolute Gasteiger partial charge is 0.335 e. The van der Waals surface area contributed by atoms with E-state index in [0.29, 0.717) is 12.8 Å². The van der Waals surface area contributed by atoms with E-state index in [1.165, 1.54) is 46.8 Å². The Morgan fingerprint density at radius 1 is 0.678 bits per heavy atom. The Hall–Kier alpha value is -8.59. The zero-order valence-electron chi connectivity index (χ0n) is 51.9. The van der Waals surface area contributed by atoms with Crippen molar-refractivity contribution in [2.24, 2.45) is 41.2 Å². The topological polar surface area (TPSA) is 527 Å². The van der Waals surface area contributed by atoms with Crippen molar-refractivity contribution in [3.05, 3.63) is 24.3 Å². The zero-order valence-corrected chi connectivity index (χ0v) is 51.9. The first kappa shape index (κ1) is 77.5. The van der Waals surface area contributed by atoms with Crippen LogP contribution >= 0.6 is 0 Å². The molecule has 33 heteroatoms. The number of allylic oxidation sites excluding steroid dienone is 3. The Morgan fingerprint density at radius 3 is 1.82 bits per heavy atom. The summed E-state index contributed by atoms with van der Waals surface area (Å²) in [5.41, 5.74) is 5.69. The van der Waals surface area contributed by atoms with Crippen molar-refractivity contribution in [2.75, 3.05) is 26.2 Å². The molecule has 2 aliphatic heterocycles. The van der Waals surface area contributed by atoms with Crippen LogP contribution in [0.25, 0.3) is 0 Å². The lowest BCUT2D eigenvalue weighted by atomic mass is 9.97. The average Bonchev–Trinajstić information content (AvgIpc) is 4.08. The third-order valence-corrected chi connectivity index (χ3v) is 15.2. The number of rotatable bonds is 24. The molecule has 15 atom stereocenters. The summed E-state index contributed by atoms with van der Waals surface area (Å²) in [6, 6.07) is -18.7. The summed E-state index contributed by atoms with van der Waals surface area (Å²) in [5, 5.41) is 82.6. The van der Waals surface area contributed by atoms with Crippen molar-refractivity contribution in [3.8, 4) is 0 Å². The van der Waals surface area contributed by atoms with Crippen molar-refractivity contribution in [1.82, 2.24) is 58.1 Å². The molecule has 0 aromatic rings. The minimum atomic E-state index is -2.84. The lowest BCUT2D eigenvalue weighted by Crippen LogP contribution is -2.65. The maximum Gasteiger partial charge on any atom is 0.335 e. The van der Waals surface area contributed by atoms with E-state index in [0.717, 1.165) is 31.2 Å². The van der Waals surface area contributed by atoms with Gasteiger partial charge >= 0.3 is 23.9 Å². The van der Waals surface area contributed by atoms with Crippen LogP contribution in [0.1, 0.15) is 114 Å². The van der Waals surface area contributed by atoms with Crippen LogP contribution in [0, 0.1) is 35.5 Å². The van der Waals surface area contributed by atoms with Gasteiger partial charge in [-0.3, -0.25) is 67.1 Å². The lowest BCUT2D eigenvalue weighted by molar-refractivity contribution is -0.153. The molecule has 0 aromatic heterocycles. The number of unbranched alkanes of at least 4 members (excludes halogenated alkanes) is 1. The predicted octanol–water partition coefficient (Wildman–Crippen LogP) is -4.55. The van der Waals surface area contributed by atoms with Crippen molar-refractivity contribution in [1.29, 1.82) is 0 Å². The molecular weight excluding hydrogens is 1190 g/mol. The van der Waals surface area contributed by atoms with Crippen molar-refractivity contribution in [3.63, 3.8) is 0 Å². The van der Waals surface area contributed by atoms with Gasteiger partial charge in [-0.2, -0.15) is 0 Å². The lowest BCUT2D eigenvalue weighted by Gasteiger charge is -2.34. The first-order valence-electron chi connectivity index (χ1n) is 29.6. The number of carbonyl (C=O) groups excluding carboxylic acids is 11. The number of aliphatic hydroxyl groups is 2. The van der Waals surface area contributed by atoms with Gasteiger partial charge in [0.05, 0.1) is 30.8 Å². The third-order valence-electron chi connectivity index (χ3n) is 15.2. The molecular formula is C57H90N12O21. The van der Waals surface area contributed by atoms with Crippen molar-refractivity contribution in [2.45, 2.75) is 180 Å². The molecule has 0 saturated carbocycles. The van der Waals surface area contributed by atoms with Crippen LogP contribution < -0.4 is 58.9 Å². The summed E-state index contributed by atoms with van der Waals surface area (Å²) in [4.78, 5) is 205. The molecule has 0 aromatic carbocycles. The van der Waals surface area contributed by atoms with Crippen LogP contribution in [0.4, 0.5) is 0 Å². The molecule has 0 aliphatic carbocycles. The molecule has 2 aliphatic rings. The molecule has 11 amide bonds. The minimum absolute atomic E-state index is 0.0150. The number of aliphatic hydroxyl groups excluding tert-OH is 2. The highest BCUT2D eigenvalue weighted by Gasteiger charge is 2.46. The first-order chi connectivity index (χ1) is 42.1. The molecule has 2 heterocycles. The van der Waals surface area contributed by atoms with Gasteiger partial charge in [0.2, 0.25) is 65.0 Å². The molecule has 0 radical (unpaired) electrons. The van der Waals surface area contributed by atoms with E-state index in [2.05, 4.69) is 37.2 Å². The first-order valence-corrected chi connectivity index (χ1v) is 29.6. The Bertz CT molecular complexity index is 2670. The maximum absolute atomic E-state index is 14.9. The van der Waals surface area contributed by atoms with E-state index < -0.39 is 198 Å². The molecule has 2 fully saturated rings. The van der Waals surface area contributed by atoms with Gasteiger partial charge in [-0.25, -0.2) is 4.79 Å². The van der Waals surface area contributed by atoms with Crippen LogP contribution in [0.5, 0.6) is 0 Å². The van der Waals surface area contributed by atoms with Crippen LogP contribution in [-0.2, 0) is 71.9 Å². The number of carboxylic acid groups (broad SMARTS) is 4. The number of aliphatic carboxylic acids is 4. The molecule has 90 heavy (non-hydrogen) atoms. The highest BCUT2D eigenvalue weighted by Crippen LogP contribution is 2.26. The molecule has 33 nitrogen and oxygen atoms in total. The molecule has 504 valence electrons. The molecule has 18 N–H and O–H groups in total. The van der Waals surface area contributed by atoms with Gasteiger partial charge in [0.1, 0.15) is 54.4 Å². The van der Waals surface area contributed by atoms with Crippen LogP contribution in [-0.4, -0.2) is 217 Å². The number of carbonyl (C=O) groups is 15. The van der Waals surface area contributed by atoms with Gasteiger partial charge in [-0.15, -0.1) is 0 Å². The normalized spacial score (nSPS) is 25.9. The summed E-state index contributed by atoms with van der Waals surface area (Å²) < 4.78 is 0. The second-order valence-corrected chi connectivity index (χ2v) is 23.2. The monoisotopic (exact) mass is 1280 g/mol. The van der Waals surface area contributed by atoms with Crippen LogP contribution in [0.2, 0.25) is 0 Å². The number of hydrogen-bond donors (Lipinski definition) is 17. The molecule has 5 unspecified atom stereocenters. The second-order valence-electron chi connectivity index (χ2n) is 23.2. The number of amides is 11. The molecule has 2 rings (SSSR count). The summed E-state index contributed by atoms with van der Waals surface area (Å²) in [7, 11) is 0. The third kappa shape index (κ3) is 24.1. The highest BCUT2D eigenvalue weighted by atomic mass is 16.4. The van der Waals surface area contributed by atoms with Gasteiger partial charge in [0.15, 0.2) is 6.10 Å². The highest BCUT2D eigenvalue weighted by molar-refractivity contribution is 6.02. The molecule has 0 spiro atoms. The van der Waals surface area contributed by atoms with Gasteiger partial charge < -0.3 is 94.4 Å². The second kappa shape index (κ2) is 37.4. The number of nitrogens with zero attached hydrogens (tertiary/aromatic N) is 1.